The third-order valence-corrected chi connectivity index (χ3v) is 3.74. The Hall–Kier alpha value is -2.40. The molecular weight excluding hydrogens is 286 g/mol. The van der Waals surface area contributed by atoms with E-state index in [2.05, 4.69) is 22.4 Å². The van der Waals surface area contributed by atoms with Crippen molar-refractivity contribution in [1.82, 2.24) is 20.2 Å². The third-order valence-electron chi connectivity index (χ3n) is 3.40. The van der Waals surface area contributed by atoms with E-state index >= 15 is 0 Å². The van der Waals surface area contributed by atoms with E-state index in [1.807, 2.05) is 36.4 Å². The lowest BCUT2D eigenvalue weighted by molar-refractivity contribution is 0.548. The van der Waals surface area contributed by atoms with Crippen LogP contribution >= 0.6 is 11.6 Å². The lowest BCUT2D eigenvalue weighted by Gasteiger charge is -2.14. The molecule has 1 heterocycles. The minimum atomic E-state index is 0.0214. The molecule has 0 bridgehead atoms. The summed E-state index contributed by atoms with van der Waals surface area (Å²) in [4.78, 5) is 0. The van der Waals surface area contributed by atoms with E-state index in [4.69, 9.17) is 17.3 Å². The Labute approximate surface area is 127 Å². The van der Waals surface area contributed by atoms with Gasteiger partial charge in [0.1, 0.15) is 0 Å². The molecule has 0 aliphatic carbocycles. The molecule has 2 aromatic carbocycles. The van der Waals surface area contributed by atoms with Crippen LogP contribution in [-0.4, -0.2) is 20.2 Å². The Morgan fingerprint density at radius 3 is 2.62 bits per heavy atom. The van der Waals surface area contributed by atoms with Gasteiger partial charge in [-0.15, -0.1) is 5.10 Å². The lowest BCUT2D eigenvalue weighted by atomic mass is 10.1. The maximum absolute atomic E-state index is 5.96. The molecule has 106 valence electrons. The summed E-state index contributed by atoms with van der Waals surface area (Å²) in [5.41, 5.74) is 8.33. The monoisotopic (exact) mass is 299 g/mol. The Morgan fingerprint density at radius 2 is 1.90 bits per heavy atom. The number of aromatic nitrogens is 4. The van der Waals surface area contributed by atoms with Crippen LogP contribution < -0.4 is 5.73 Å². The average Bonchev–Trinajstić information content (AvgIpc) is 2.99. The van der Waals surface area contributed by atoms with Gasteiger partial charge in [0, 0.05) is 5.56 Å². The molecule has 5 nitrogen and oxygen atoms in total. The average molecular weight is 300 g/mol. The molecule has 21 heavy (non-hydrogen) atoms. The summed E-state index contributed by atoms with van der Waals surface area (Å²) in [5.74, 6) is 0.662. The minimum absolute atomic E-state index is 0.0214. The second-order valence-corrected chi connectivity index (χ2v) is 5.18. The van der Waals surface area contributed by atoms with Crippen LogP contribution in [0, 0.1) is 0 Å². The fourth-order valence-corrected chi connectivity index (χ4v) is 2.32. The molecule has 0 aliphatic heterocycles. The normalized spacial score (nSPS) is 12.3. The highest BCUT2D eigenvalue weighted by atomic mass is 35.5. The van der Waals surface area contributed by atoms with Gasteiger partial charge < -0.3 is 5.73 Å². The van der Waals surface area contributed by atoms with Crippen LogP contribution in [0.15, 0.2) is 48.5 Å². The predicted octanol–water partition coefficient (Wildman–Crippen LogP) is 3.19. The Balaban J connectivity index is 2.03. The van der Waals surface area contributed by atoms with Crippen LogP contribution in [0.2, 0.25) is 5.02 Å². The summed E-state index contributed by atoms with van der Waals surface area (Å²) in [6.07, 6.45) is 0. The van der Waals surface area contributed by atoms with Gasteiger partial charge in [-0.2, -0.15) is 0 Å². The van der Waals surface area contributed by atoms with Gasteiger partial charge in [-0.1, -0.05) is 41.9 Å². The number of nitrogens with zero attached hydrogens (tertiary/aromatic N) is 4. The number of tetrazole rings is 1. The van der Waals surface area contributed by atoms with Gasteiger partial charge in [0.2, 0.25) is 0 Å². The summed E-state index contributed by atoms with van der Waals surface area (Å²) in [6, 6.07) is 15.5. The summed E-state index contributed by atoms with van der Waals surface area (Å²) in [7, 11) is 0. The molecule has 6 heteroatoms. The number of nitrogen functional groups attached to an aromatic ring is 1. The second-order valence-electron chi connectivity index (χ2n) is 4.77. The fourth-order valence-electron chi connectivity index (χ4n) is 2.20. The molecule has 0 saturated heterocycles. The second kappa shape index (κ2) is 5.54. The predicted molar refractivity (Wildman–Crippen MR) is 82.9 cm³/mol. The van der Waals surface area contributed by atoms with E-state index in [0.717, 1.165) is 11.1 Å². The highest BCUT2D eigenvalue weighted by Gasteiger charge is 2.16. The van der Waals surface area contributed by atoms with Gasteiger partial charge in [0.05, 0.1) is 16.8 Å². The zero-order valence-electron chi connectivity index (χ0n) is 11.4. The lowest BCUT2D eigenvalue weighted by Crippen LogP contribution is -2.10. The molecule has 1 aromatic heterocycles. The molecule has 1 atom stereocenters. The van der Waals surface area contributed by atoms with Crippen molar-refractivity contribution in [3.8, 4) is 11.4 Å². The third kappa shape index (κ3) is 2.60. The van der Waals surface area contributed by atoms with Crippen molar-refractivity contribution in [3.63, 3.8) is 0 Å². The zero-order valence-corrected chi connectivity index (χ0v) is 12.2. The largest absolute Gasteiger partial charge is 0.398 e. The molecule has 0 fully saturated rings. The van der Waals surface area contributed by atoms with Crippen LogP contribution in [-0.2, 0) is 0 Å². The van der Waals surface area contributed by atoms with Gasteiger partial charge in [0.15, 0.2) is 5.82 Å². The van der Waals surface area contributed by atoms with Crippen LogP contribution in [0.1, 0.15) is 18.5 Å². The molecule has 0 radical (unpaired) electrons. The van der Waals surface area contributed by atoms with Crippen LogP contribution in [0.3, 0.4) is 0 Å². The highest BCUT2D eigenvalue weighted by Crippen LogP contribution is 2.27. The minimum Gasteiger partial charge on any atom is -0.398 e. The first kappa shape index (κ1) is 13.6. The number of hydrogen-bond donors (Lipinski definition) is 1. The van der Waals surface area contributed by atoms with E-state index < -0.39 is 0 Å². The first-order valence-corrected chi connectivity index (χ1v) is 6.93. The molecule has 0 saturated carbocycles. The van der Waals surface area contributed by atoms with Crippen molar-refractivity contribution < 1.29 is 0 Å². The Morgan fingerprint density at radius 1 is 1.14 bits per heavy atom. The van der Waals surface area contributed by atoms with Gasteiger partial charge in [-0.3, -0.25) is 0 Å². The maximum atomic E-state index is 5.96. The van der Waals surface area contributed by atoms with E-state index in [-0.39, 0.29) is 6.04 Å². The van der Waals surface area contributed by atoms with E-state index in [1.54, 1.807) is 16.8 Å². The molecule has 0 amide bonds. The summed E-state index contributed by atoms with van der Waals surface area (Å²) >= 11 is 5.96. The molecule has 3 rings (SSSR count). The summed E-state index contributed by atoms with van der Waals surface area (Å²) in [6.45, 7) is 2.05. The standard InChI is InChI=1S/C15H14ClN5/c1-10(11-5-3-2-4-6-11)21-15(18-19-20-21)12-7-8-13(16)14(17)9-12/h2-10H,17H2,1H3. The van der Waals surface area contributed by atoms with E-state index in [9.17, 15) is 0 Å². The SMILES string of the molecule is CC(c1ccccc1)n1nnnc1-c1ccc(Cl)c(N)c1. The number of hydrogen-bond acceptors (Lipinski definition) is 4. The smallest absolute Gasteiger partial charge is 0.182 e. The first-order valence-electron chi connectivity index (χ1n) is 6.55. The van der Waals surface area contributed by atoms with E-state index in [0.29, 0.717) is 16.5 Å². The zero-order chi connectivity index (χ0) is 14.8. The number of halogens is 1. The van der Waals surface area contributed by atoms with Crippen molar-refractivity contribution in [2.24, 2.45) is 0 Å². The highest BCUT2D eigenvalue weighted by molar-refractivity contribution is 6.33. The summed E-state index contributed by atoms with van der Waals surface area (Å²) < 4.78 is 1.78. The van der Waals surface area contributed by atoms with Gasteiger partial charge in [0.25, 0.3) is 0 Å². The molecular formula is C15H14ClN5. The van der Waals surface area contributed by atoms with E-state index in [1.165, 1.54) is 0 Å². The first-order chi connectivity index (χ1) is 10.2. The van der Waals surface area contributed by atoms with Gasteiger partial charge >= 0.3 is 0 Å². The molecule has 0 aliphatic rings. The number of anilines is 1. The van der Waals surface area contributed by atoms with Crippen molar-refractivity contribution in [2.75, 3.05) is 5.73 Å². The van der Waals surface area contributed by atoms with Gasteiger partial charge in [-0.25, -0.2) is 4.68 Å². The molecule has 2 N–H and O–H groups in total. The topological polar surface area (TPSA) is 69.6 Å². The number of benzene rings is 2. The summed E-state index contributed by atoms with van der Waals surface area (Å²) in [5, 5.41) is 12.5. The Bertz CT molecular complexity index is 754. The van der Waals surface area contributed by atoms with Crippen molar-refractivity contribution in [2.45, 2.75) is 13.0 Å². The molecule has 3 aromatic rings. The van der Waals surface area contributed by atoms with Gasteiger partial charge in [-0.05, 0) is 41.1 Å². The number of nitrogens with two attached hydrogens (primary N) is 1. The van der Waals surface area contributed by atoms with Crippen LogP contribution in [0.4, 0.5) is 5.69 Å². The Kier molecular flexibility index (Phi) is 3.58. The molecule has 1 unspecified atom stereocenters. The van der Waals surface area contributed by atoms with Crippen molar-refractivity contribution in [1.29, 1.82) is 0 Å². The maximum Gasteiger partial charge on any atom is 0.182 e. The fraction of sp³-hybridized carbons (Fsp3) is 0.133. The van der Waals surface area contributed by atoms with Crippen LogP contribution in [0.5, 0.6) is 0 Å². The number of rotatable bonds is 3. The molecule has 0 spiro atoms. The van der Waals surface area contributed by atoms with Crippen molar-refractivity contribution in [3.05, 3.63) is 59.1 Å². The van der Waals surface area contributed by atoms with Crippen molar-refractivity contribution >= 4 is 17.3 Å². The van der Waals surface area contributed by atoms with Crippen LogP contribution in [0.25, 0.3) is 11.4 Å². The quantitative estimate of drug-likeness (QED) is 0.754.